The maximum Gasteiger partial charge on any atom is 0.354 e. The van der Waals surface area contributed by atoms with Gasteiger partial charge in [0.25, 0.3) is 0 Å². The third kappa shape index (κ3) is 3.85. The van der Waals surface area contributed by atoms with E-state index >= 15 is 0 Å². The molecule has 0 aromatic heterocycles. The molecule has 0 bridgehead atoms. The summed E-state index contributed by atoms with van der Waals surface area (Å²) in [5.74, 6) is -0.466. The summed E-state index contributed by atoms with van der Waals surface area (Å²) in [5.41, 5.74) is 1.19. The van der Waals surface area contributed by atoms with E-state index in [9.17, 15) is 9.59 Å². The Balaban J connectivity index is 0.00000289. The maximum atomic E-state index is 11.7. The van der Waals surface area contributed by atoms with E-state index in [-0.39, 0.29) is 13.2 Å². The van der Waals surface area contributed by atoms with Gasteiger partial charge in [-0.15, -0.1) is 0 Å². The smallest absolute Gasteiger partial charge is 0.354 e. The predicted molar refractivity (Wildman–Crippen MR) is 64.2 cm³/mol. The summed E-state index contributed by atoms with van der Waals surface area (Å²) in [6, 6.07) is 0. The molecular weight excluding hydrogens is 222 g/mol. The lowest BCUT2D eigenvalue weighted by Gasteiger charge is -2.25. The lowest BCUT2D eigenvalue weighted by atomic mass is 9.98. The molecule has 5 heteroatoms. The molecule has 0 unspecified atom stereocenters. The Morgan fingerprint density at radius 3 is 3.00 bits per heavy atom. The van der Waals surface area contributed by atoms with Crippen LogP contribution in [0.25, 0.3) is 0 Å². The van der Waals surface area contributed by atoms with Gasteiger partial charge < -0.3 is 14.8 Å². The Labute approximate surface area is 103 Å². The van der Waals surface area contributed by atoms with Crippen molar-refractivity contribution in [1.82, 2.24) is 5.32 Å². The van der Waals surface area contributed by atoms with Gasteiger partial charge in [-0.05, 0) is 31.8 Å². The average molecular weight is 243 g/mol. The number of nitrogens with one attached hydrogen (secondary N) is 1. The number of esters is 1. The molecule has 1 amide bonds. The molecule has 0 radical (unpaired) electrons. The average Bonchev–Trinajstić information content (AvgIpc) is 2.36. The van der Waals surface area contributed by atoms with Gasteiger partial charge in [0, 0.05) is 1.43 Å². The minimum absolute atomic E-state index is 0. The van der Waals surface area contributed by atoms with Gasteiger partial charge in [-0.2, -0.15) is 0 Å². The van der Waals surface area contributed by atoms with Crippen LogP contribution in [0, 0.1) is 0 Å². The van der Waals surface area contributed by atoms with E-state index in [0.29, 0.717) is 32.5 Å². The monoisotopic (exact) mass is 243 g/mol. The topological polar surface area (TPSA) is 64.6 Å². The van der Waals surface area contributed by atoms with Crippen molar-refractivity contribution in [2.24, 2.45) is 0 Å². The van der Waals surface area contributed by atoms with E-state index in [2.05, 4.69) is 5.32 Å². The summed E-state index contributed by atoms with van der Waals surface area (Å²) in [5, 5.41) is 2.45. The van der Waals surface area contributed by atoms with Crippen molar-refractivity contribution in [3.05, 3.63) is 11.3 Å². The number of amides is 1. The normalized spacial score (nSPS) is 22.8. The standard InChI is InChI=1S/C12H19NO4.H2/c1-3-10-7-9(5-6-17-10)11(13-8-14)12(15)16-4-2;/h8,10H,3-7H2,1-2H3,(H,13,14);1H/b11-9-;/t10-;/m1./s1. The Bertz CT molecular complexity index is 317. The summed E-state index contributed by atoms with van der Waals surface area (Å²) < 4.78 is 10.4. The zero-order chi connectivity index (χ0) is 12.7. The van der Waals surface area contributed by atoms with Crippen LogP contribution in [0.1, 0.15) is 34.5 Å². The SMILES string of the molecule is CCOC(=O)/C(NC=O)=C1\CCO[C@H](CC)C1.[HH]. The van der Waals surface area contributed by atoms with Crippen molar-refractivity contribution in [3.8, 4) is 0 Å². The van der Waals surface area contributed by atoms with E-state index in [1.807, 2.05) is 6.92 Å². The molecule has 0 aromatic carbocycles. The van der Waals surface area contributed by atoms with Crippen LogP contribution in [0.4, 0.5) is 0 Å². The van der Waals surface area contributed by atoms with Crippen LogP contribution in [0.2, 0.25) is 0 Å². The van der Waals surface area contributed by atoms with E-state index in [1.54, 1.807) is 6.92 Å². The molecule has 1 atom stereocenters. The molecule has 1 rings (SSSR count). The summed E-state index contributed by atoms with van der Waals surface area (Å²) in [6.45, 7) is 4.64. The number of hydrogen-bond donors (Lipinski definition) is 1. The largest absolute Gasteiger partial charge is 0.461 e. The minimum atomic E-state index is -0.466. The molecule has 0 saturated carbocycles. The zero-order valence-electron chi connectivity index (χ0n) is 10.3. The van der Waals surface area contributed by atoms with Crippen LogP contribution in [-0.4, -0.2) is 31.7 Å². The molecule has 98 valence electrons. The summed E-state index contributed by atoms with van der Waals surface area (Å²) in [6.07, 6.45) is 2.85. The van der Waals surface area contributed by atoms with Crippen molar-refractivity contribution in [1.29, 1.82) is 0 Å². The van der Waals surface area contributed by atoms with Crippen LogP contribution < -0.4 is 5.32 Å². The molecule has 1 saturated heterocycles. The van der Waals surface area contributed by atoms with Gasteiger partial charge in [-0.25, -0.2) is 4.79 Å². The van der Waals surface area contributed by atoms with Gasteiger partial charge in [-0.3, -0.25) is 4.79 Å². The van der Waals surface area contributed by atoms with E-state index in [4.69, 9.17) is 9.47 Å². The highest BCUT2D eigenvalue weighted by Gasteiger charge is 2.23. The van der Waals surface area contributed by atoms with Gasteiger partial charge in [0.05, 0.1) is 19.3 Å². The highest BCUT2D eigenvalue weighted by Crippen LogP contribution is 2.23. The Morgan fingerprint density at radius 2 is 2.41 bits per heavy atom. The number of hydrogen-bond acceptors (Lipinski definition) is 4. The zero-order valence-corrected chi connectivity index (χ0v) is 10.3. The van der Waals surface area contributed by atoms with Gasteiger partial charge in [0.1, 0.15) is 5.70 Å². The van der Waals surface area contributed by atoms with E-state index in [1.165, 1.54) is 0 Å². The Morgan fingerprint density at radius 1 is 1.65 bits per heavy atom. The molecule has 1 fully saturated rings. The van der Waals surface area contributed by atoms with Crippen molar-refractivity contribution in [2.75, 3.05) is 13.2 Å². The van der Waals surface area contributed by atoms with E-state index < -0.39 is 5.97 Å². The third-order valence-electron chi connectivity index (χ3n) is 2.72. The first-order chi connectivity index (χ1) is 8.22. The second kappa shape index (κ2) is 7.06. The minimum Gasteiger partial charge on any atom is -0.461 e. The number of ether oxygens (including phenoxy) is 2. The van der Waals surface area contributed by atoms with Crippen LogP contribution in [0.5, 0.6) is 0 Å². The second-order valence-electron chi connectivity index (χ2n) is 3.82. The summed E-state index contributed by atoms with van der Waals surface area (Å²) in [4.78, 5) is 22.2. The molecule has 17 heavy (non-hydrogen) atoms. The number of rotatable bonds is 5. The first kappa shape index (κ1) is 13.7. The molecule has 0 aromatic rings. The van der Waals surface area contributed by atoms with Gasteiger partial charge in [-0.1, -0.05) is 6.92 Å². The summed E-state index contributed by atoms with van der Waals surface area (Å²) in [7, 11) is 0. The number of carbonyl (C=O) groups excluding carboxylic acids is 2. The van der Waals surface area contributed by atoms with Crippen molar-refractivity contribution < 1.29 is 20.5 Å². The van der Waals surface area contributed by atoms with Crippen molar-refractivity contribution >= 4 is 12.4 Å². The van der Waals surface area contributed by atoms with Crippen molar-refractivity contribution in [3.63, 3.8) is 0 Å². The predicted octanol–water partition coefficient (Wildman–Crippen LogP) is 1.38. The summed E-state index contributed by atoms with van der Waals surface area (Å²) >= 11 is 0. The fraction of sp³-hybridized carbons (Fsp3) is 0.667. The molecular formula is C12H21NO4. The highest BCUT2D eigenvalue weighted by molar-refractivity contribution is 5.91. The van der Waals surface area contributed by atoms with Gasteiger partial charge >= 0.3 is 5.97 Å². The molecule has 1 aliphatic rings. The van der Waals surface area contributed by atoms with Crippen LogP contribution in [-0.2, 0) is 19.1 Å². The molecule has 0 aliphatic carbocycles. The van der Waals surface area contributed by atoms with Crippen LogP contribution in [0.15, 0.2) is 11.3 Å². The third-order valence-corrected chi connectivity index (χ3v) is 2.72. The molecule has 1 heterocycles. The molecule has 5 nitrogen and oxygen atoms in total. The highest BCUT2D eigenvalue weighted by atomic mass is 16.5. The van der Waals surface area contributed by atoms with Crippen LogP contribution >= 0.6 is 0 Å². The molecule has 1 aliphatic heterocycles. The fourth-order valence-electron chi connectivity index (χ4n) is 1.84. The first-order valence-corrected chi connectivity index (χ1v) is 5.93. The lowest BCUT2D eigenvalue weighted by Crippen LogP contribution is -2.28. The second-order valence-corrected chi connectivity index (χ2v) is 3.82. The molecule has 1 N–H and O–H groups in total. The Hall–Kier alpha value is -1.36. The van der Waals surface area contributed by atoms with Gasteiger partial charge in [0.15, 0.2) is 0 Å². The lowest BCUT2D eigenvalue weighted by molar-refractivity contribution is -0.139. The van der Waals surface area contributed by atoms with E-state index in [0.717, 1.165) is 12.0 Å². The molecule has 0 spiro atoms. The van der Waals surface area contributed by atoms with Crippen molar-refractivity contribution in [2.45, 2.75) is 39.2 Å². The van der Waals surface area contributed by atoms with Gasteiger partial charge in [0.2, 0.25) is 6.41 Å². The Kier molecular flexibility index (Phi) is 5.69. The quantitative estimate of drug-likeness (QED) is 0.450. The van der Waals surface area contributed by atoms with Crippen LogP contribution in [0.3, 0.4) is 0 Å². The number of carbonyl (C=O) groups is 2. The fourth-order valence-corrected chi connectivity index (χ4v) is 1.84. The maximum absolute atomic E-state index is 11.7. The first-order valence-electron chi connectivity index (χ1n) is 5.93.